The summed E-state index contributed by atoms with van der Waals surface area (Å²) in [6.07, 6.45) is 3.16. The summed E-state index contributed by atoms with van der Waals surface area (Å²) in [5, 5.41) is 3.41. The second-order valence-corrected chi connectivity index (χ2v) is 5.80. The molecule has 0 bridgehead atoms. The molecule has 1 fully saturated rings. The van der Waals surface area contributed by atoms with E-state index in [1.807, 2.05) is 0 Å². The van der Waals surface area contributed by atoms with E-state index in [1.54, 1.807) is 18.2 Å². The molecule has 0 saturated heterocycles. The van der Waals surface area contributed by atoms with Gasteiger partial charge in [0.1, 0.15) is 0 Å². The molecule has 1 aromatic carbocycles. The Morgan fingerprint density at radius 2 is 2.25 bits per heavy atom. The van der Waals surface area contributed by atoms with Crippen molar-refractivity contribution < 1.29 is 4.79 Å². The standard InChI is InChI=1S/C15H22ClN3O/c1-2-19(10-11-3-4-11)8-7-15(20)18-14-6-5-12(16)9-13(14)17/h5-6,9,11H,2-4,7-8,10,17H2,1H3,(H,18,20). The van der Waals surface area contributed by atoms with E-state index in [0.717, 1.165) is 25.6 Å². The molecule has 1 saturated carbocycles. The van der Waals surface area contributed by atoms with Crippen molar-refractivity contribution in [3.8, 4) is 0 Å². The van der Waals surface area contributed by atoms with Crippen LogP contribution in [0.4, 0.5) is 11.4 Å². The summed E-state index contributed by atoms with van der Waals surface area (Å²) in [7, 11) is 0. The van der Waals surface area contributed by atoms with Gasteiger partial charge in [-0.2, -0.15) is 0 Å². The lowest BCUT2D eigenvalue weighted by Gasteiger charge is -2.19. The molecule has 3 N–H and O–H groups in total. The van der Waals surface area contributed by atoms with Crippen molar-refractivity contribution in [3.63, 3.8) is 0 Å². The molecule has 20 heavy (non-hydrogen) atoms. The highest BCUT2D eigenvalue weighted by Gasteiger charge is 2.23. The molecule has 0 heterocycles. The normalized spacial score (nSPS) is 14.6. The number of anilines is 2. The van der Waals surface area contributed by atoms with Gasteiger partial charge in [0.05, 0.1) is 11.4 Å². The molecule has 1 amide bonds. The third-order valence-corrected chi connectivity index (χ3v) is 3.84. The predicted octanol–water partition coefficient (Wildman–Crippen LogP) is 2.98. The molecule has 1 aromatic rings. The zero-order valence-electron chi connectivity index (χ0n) is 11.9. The first-order valence-corrected chi connectivity index (χ1v) is 7.53. The number of carbonyl (C=O) groups excluding carboxylic acids is 1. The fourth-order valence-corrected chi connectivity index (χ4v) is 2.34. The second kappa shape index (κ2) is 6.95. The maximum atomic E-state index is 11.9. The van der Waals surface area contributed by atoms with Crippen LogP contribution in [-0.4, -0.2) is 30.4 Å². The number of nitrogens with zero attached hydrogens (tertiary/aromatic N) is 1. The van der Waals surface area contributed by atoms with Crippen molar-refractivity contribution in [2.45, 2.75) is 26.2 Å². The van der Waals surface area contributed by atoms with Gasteiger partial charge in [0.2, 0.25) is 5.91 Å². The number of benzene rings is 1. The van der Waals surface area contributed by atoms with Crippen molar-refractivity contribution >= 4 is 28.9 Å². The Labute approximate surface area is 125 Å². The van der Waals surface area contributed by atoms with Crippen molar-refractivity contribution in [2.75, 3.05) is 30.7 Å². The first-order valence-electron chi connectivity index (χ1n) is 7.15. The lowest BCUT2D eigenvalue weighted by atomic mass is 10.2. The Morgan fingerprint density at radius 3 is 2.85 bits per heavy atom. The number of carbonyl (C=O) groups is 1. The van der Waals surface area contributed by atoms with E-state index in [4.69, 9.17) is 17.3 Å². The van der Waals surface area contributed by atoms with Crippen LogP contribution in [-0.2, 0) is 4.79 Å². The number of nitrogen functional groups attached to an aromatic ring is 1. The summed E-state index contributed by atoms with van der Waals surface area (Å²) >= 11 is 5.83. The van der Waals surface area contributed by atoms with Gasteiger partial charge in [0.15, 0.2) is 0 Å². The predicted molar refractivity (Wildman–Crippen MR) is 83.9 cm³/mol. The number of nitrogens with one attached hydrogen (secondary N) is 1. The first kappa shape index (κ1) is 15.1. The fourth-order valence-electron chi connectivity index (χ4n) is 2.16. The molecule has 0 spiro atoms. The van der Waals surface area contributed by atoms with Gasteiger partial charge in [-0.3, -0.25) is 4.79 Å². The minimum absolute atomic E-state index is 0.00623. The zero-order chi connectivity index (χ0) is 14.5. The molecule has 0 aliphatic heterocycles. The summed E-state index contributed by atoms with van der Waals surface area (Å²) in [4.78, 5) is 14.3. The maximum absolute atomic E-state index is 11.9. The molecule has 5 heteroatoms. The zero-order valence-corrected chi connectivity index (χ0v) is 12.6. The molecule has 0 aromatic heterocycles. The summed E-state index contributed by atoms with van der Waals surface area (Å²) in [5.41, 5.74) is 6.94. The number of hydrogen-bond donors (Lipinski definition) is 2. The minimum atomic E-state index is -0.00623. The van der Waals surface area contributed by atoms with E-state index in [2.05, 4.69) is 17.1 Å². The molecular formula is C15H22ClN3O. The van der Waals surface area contributed by atoms with Crippen LogP contribution in [0.3, 0.4) is 0 Å². The molecule has 0 unspecified atom stereocenters. The Morgan fingerprint density at radius 1 is 1.50 bits per heavy atom. The summed E-state index contributed by atoms with van der Waals surface area (Å²) in [5.74, 6) is 0.846. The van der Waals surface area contributed by atoms with Gasteiger partial charge >= 0.3 is 0 Å². The van der Waals surface area contributed by atoms with Gasteiger partial charge < -0.3 is 16.0 Å². The molecule has 0 radical (unpaired) electrons. The smallest absolute Gasteiger partial charge is 0.225 e. The van der Waals surface area contributed by atoms with Crippen LogP contribution in [0.5, 0.6) is 0 Å². The van der Waals surface area contributed by atoms with Crippen LogP contribution in [0.2, 0.25) is 5.02 Å². The van der Waals surface area contributed by atoms with Crippen LogP contribution in [0.1, 0.15) is 26.2 Å². The van der Waals surface area contributed by atoms with Gasteiger partial charge in [-0.1, -0.05) is 18.5 Å². The van der Waals surface area contributed by atoms with E-state index >= 15 is 0 Å². The average molecular weight is 296 g/mol. The summed E-state index contributed by atoms with van der Waals surface area (Å²) in [6.45, 7) is 5.05. The molecule has 1 aliphatic rings. The molecule has 1 aliphatic carbocycles. The Balaban J connectivity index is 1.79. The Kier molecular flexibility index (Phi) is 5.26. The van der Waals surface area contributed by atoms with Crippen molar-refractivity contribution in [3.05, 3.63) is 23.2 Å². The van der Waals surface area contributed by atoms with E-state index in [1.165, 1.54) is 12.8 Å². The lowest BCUT2D eigenvalue weighted by molar-refractivity contribution is -0.116. The molecule has 110 valence electrons. The number of rotatable bonds is 7. The SMILES string of the molecule is CCN(CCC(=O)Nc1ccc(Cl)cc1N)CC1CC1. The van der Waals surface area contributed by atoms with Crippen LogP contribution in [0.15, 0.2) is 18.2 Å². The third kappa shape index (κ3) is 4.69. The summed E-state index contributed by atoms with van der Waals surface area (Å²) < 4.78 is 0. The van der Waals surface area contributed by atoms with Crippen molar-refractivity contribution in [1.29, 1.82) is 0 Å². The van der Waals surface area contributed by atoms with Crippen LogP contribution < -0.4 is 11.1 Å². The van der Waals surface area contributed by atoms with Gasteiger partial charge in [-0.15, -0.1) is 0 Å². The Hall–Kier alpha value is -1.26. The quantitative estimate of drug-likeness (QED) is 0.760. The van der Waals surface area contributed by atoms with Gasteiger partial charge in [-0.05, 0) is 43.5 Å². The highest BCUT2D eigenvalue weighted by Crippen LogP contribution is 2.29. The van der Waals surface area contributed by atoms with Gasteiger partial charge in [0.25, 0.3) is 0 Å². The van der Waals surface area contributed by atoms with E-state index in [-0.39, 0.29) is 5.91 Å². The molecule has 0 atom stereocenters. The van der Waals surface area contributed by atoms with E-state index < -0.39 is 0 Å². The molecular weight excluding hydrogens is 274 g/mol. The Bertz CT molecular complexity index is 474. The maximum Gasteiger partial charge on any atom is 0.225 e. The molecule has 2 rings (SSSR count). The second-order valence-electron chi connectivity index (χ2n) is 5.37. The highest BCUT2D eigenvalue weighted by molar-refractivity contribution is 6.31. The van der Waals surface area contributed by atoms with Crippen LogP contribution in [0, 0.1) is 5.92 Å². The number of hydrogen-bond acceptors (Lipinski definition) is 3. The fraction of sp³-hybridized carbons (Fsp3) is 0.533. The highest BCUT2D eigenvalue weighted by atomic mass is 35.5. The lowest BCUT2D eigenvalue weighted by Crippen LogP contribution is -2.29. The van der Waals surface area contributed by atoms with E-state index in [0.29, 0.717) is 22.8 Å². The number of nitrogens with two attached hydrogens (primary N) is 1. The first-order chi connectivity index (χ1) is 9.58. The largest absolute Gasteiger partial charge is 0.397 e. The van der Waals surface area contributed by atoms with E-state index in [9.17, 15) is 4.79 Å². The van der Waals surface area contributed by atoms with Crippen molar-refractivity contribution in [1.82, 2.24) is 4.90 Å². The molecule has 4 nitrogen and oxygen atoms in total. The van der Waals surface area contributed by atoms with Crippen molar-refractivity contribution in [2.24, 2.45) is 5.92 Å². The number of amides is 1. The van der Waals surface area contributed by atoms with Crippen LogP contribution >= 0.6 is 11.6 Å². The number of halogens is 1. The average Bonchev–Trinajstić information content (AvgIpc) is 3.22. The third-order valence-electron chi connectivity index (χ3n) is 3.60. The van der Waals surface area contributed by atoms with Gasteiger partial charge in [-0.25, -0.2) is 0 Å². The van der Waals surface area contributed by atoms with Crippen LogP contribution in [0.25, 0.3) is 0 Å². The monoisotopic (exact) mass is 295 g/mol. The minimum Gasteiger partial charge on any atom is -0.397 e. The summed E-state index contributed by atoms with van der Waals surface area (Å²) in [6, 6.07) is 5.10. The van der Waals surface area contributed by atoms with Gasteiger partial charge in [0, 0.05) is 24.5 Å². The topological polar surface area (TPSA) is 58.4 Å².